The van der Waals surface area contributed by atoms with E-state index in [9.17, 15) is 0 Å². The Morgan fingerprint density at radius 3 is 0.609 bits per heavy atom. The van der Waals surface area contributed by atoms with Crippen molar-refractivity contribution in [1.82, 2.24) is 0 Å². The molecule has 0 saturated heterocycles. The highest BCUT2D eigenvalue weighted by Gasteiger charge is 1.67. The summed E-state index contributed by atoms with van der Waals surface area (Å²) in [5.41, 5.74) is 0. The maximum absolute atomic E-state index is 4.78. The molecule has 0 fully saturated rings. The average molecular weight is 425 g/mol. The third-order valence-corrected chi connectivity index (χ3v) is 2.83. The van der Waals surface area contributed by atoms with Crippen LogP contribution in [0.4, 0.5) is 0 Å². The summed E-state index contributed by atoms with van der Waals surface area (Å²) in [6.45, 7) is 0. The highest BCUT2D eigenvalue weighted by Crippen LogP contribution is 1.55. The largest absolute Gasteiger partial charge is 0.449 e. The van der Waals surface area contributed by atoms with Crippen LogP contribution in [0, 0.1) is 0 Å². The van der Waals surface area contributed by atoms with Gasteiger partial charge in [0.25, 0.3) is 10.0 Å². The molecule has 0 aromatic rings. The molecule has 168 valence electrons. The predicted octanol–water partition coefficient (Wildman–Crippen LogP) is 4.13. The Labute approximate surface area is 169 Å². The van der Waals surface area contributed by atoms with E-state index in [-0.39, 0.29) is 96.5 Å². The van der Waals surface area contributed by atoms with Gasteiger partial charge in [0.2, 0.25) is 0 Å². The van der Waals surface area contributed by atoms with E-state index in [1.807, 2.05) is 0 Å². The Kier molecular flexibility index (Phi) is 1670. The van der Waals surface area contributed by atoms with Gasteiger partial charge in [0.05, 0.1) is 0 Å². The van der Waals surface area contributed by atoms with E-state index in [0.29, 0.717) is 0 Å². The van der Waals surface area contributed by atoms with Gasteiger partial charge in [-0.1, -0.05) is 96.5 Å². The molecule has 0 bridgehead atoms. The van der Waals surface area contributed by atoms with Crippen LogP contribution in [0.1, 0.15) is 96.5 Å². The minimum atomic E-state index is -0.568. The Morgan fingerprint density at radius 1 is 0.435 bits per heavy atom. The zero-order chi connectivity index (χ0) is 8.24. The second-order valence-corrected chi connectivity index (χ2v) is 7.64. The molecule has 0 aromatic heterocycles. The van der Waals surface area contributed by atoms with E-state index >= 15 is 0 Å². The highest BCUT2D eigenvalue weighted by molar-refractivity contribution is 6.33. The van der Waals surface area contributed by atoms with Crippen molar-refractivity contribution >= 4 is 41.0 Å². The van der Waals surface area contributed by atoms with Crippen LogP contribution in [-0.4, -0.2) is 55.2 Å². The van der Waals surface area contributed by atoms with Crippen molar-refractivity contribution in [2.45, 2.75) is 96.5 Å². The van der Waals surface area contributed by atoms with Crippen molar-refractivity contribution < 1.29 is 17.1 Å². The Morgan fingerprint density at radius 2 is 0.609 bits per heavy atom. The molecule has 0 radical (unpaired) electrons. The van der Waals surface area contributed by atoms with Gasteiger partial charge < -0.3 is 17.1 Å². The van der Waals surface area contributed by atoms with Crippen LogP contribution in [0.3, 0.4) is 0 Å². The molecule has 0 atom stereocenters. The molecular formula is C15H68O4Si4. The topological polar surface area (TPSA) is 36.9 Å². The Bertz CT molecular complexity index is 50.5. The molecule has 23 heavy (non-hydrogen) atoms. The lowest BCUT2D eigenvalue weighted by atomic mass is 11.8. The van der Waals surface area contributed by atoms with Crippen molar-refractivity contribution in [3.05, 3.63) is 0 Å². The fourth-order valence-electron chi connectivity index (χ4n) is 0.236. The van der Waals surface area contributed by atoms with E-state index in [1.165, 1.54) is 0 Å². The molecule has 0 aromatic carbocycles. The van der Waals surface area contributed by atoms with E-state index in [4.69, 9.17) is 8.23 Å². The van der Waals surface area contributed by atoms with E-state index in [0.717, 1.165) is 21.0 Å². The predicted molar refractivity (Wildman–Crippen MR) is 141 cm³/mol. The lowest BCUT2D eigenvalue weighted by Gasteiger charge is -1.87. The van der Waals surface area contributed by atoms with Gasteiger partial charge in [-0.3, -0.25) is 0 Å². The summed E-state index contributed by atoms with van der Waals surface area (Å²) in [5.74, 6) is 0. The van der Waals surface area contributed by atoms with Crippen molar-refractivity contribution in [1.29, 1.82) is 0 Å². The standard InChI is InChI=1S/C2H8O2Si.13CH4.H8O2Si3/c1-3-5-4-2;;;;;;;;;;;;;;3-1-5-2-4/h5H2,1-2H3;13*1H4;5H2,3-4H3. The molecule has 0 heterocycles. The summed E-state index contributed by atoms with van der Waals surface area (Å²) in [7, 11) is 4.00. The summed E-state index contributed by atoms with van der Waals surface area (Å²) in [6, 6.07) is 0. The van der Waals surface area contributed by atoms with Gasteiger partial charge in [-0.15, -0.1) is 0 Å². The monoisotopic (exact) mass is 424 g/mol. The minimum Gasteiger partial charge on any atom is -0.449 e. The second kappa shape index (κ2) is 238. The summed E-state index contributed by atoms with van der Waals surface area (Å²) in [4.78, 5) is 0. The van der Waals surface area contributed by atoms with Crippen LogP contribution >= 0.6 is 0 Å². The van der Waals surface area contributed by atoms with E-state index in [1.54, 1.807) is 14.2 Å². The molecule has 0 unspecified atom stereocenters. The van der Waals surface area contributed by atoms with Crippen LogP contribution in [-0.2, 0) is 17.1 Å². The van der Waals surface area contributed by atoms with Gasteiger partial charge in [-0.2, -0.15) is 0 Å². The summed E-state index contributed by atoms with van der Waals surface area (Å²) >= 11 is 0. The van der Waals surface area contributed by atoms with Crippen LogP contribution in [0.15, 0.2) is 0 Å². The zero-order valence-electron chi connectivity index (χ0n) is 7.05. The first-order valence-electron chi connectivity index (χ1n) is 2.79. The van der Waals surface area contributed by atoms with Gasteiger partial charge in [0.1, 0.15) is 21.0 Å². The van der Waals surface area contributed by atoms with Crippen LogP contribution < -0.4 is 0 Å². The summed E-state index contributed by atoms with van der Waals surface area (Å²) < 4.78 is 18.8. The smallest absolute Gasteiger partial charge is 0.303 e. The molecule has 0 rings (SSSR count). The molecule has 0 spiro atoms. The molecule has 0 amide bonds. The van der Waals surface area contributed by atoms with Gasteiger partial charge in [-0.25, -0.2) is 0 Å². The van der Waals surface area contributed by atoms with E-state index in [2.05, 4.69) is 8.85 Å². The molecule has 0 N–H and O–H groups in total. The third-order valence-electron chi connectivity index (χ3n) is 0.471. The number of hydrogen-bond donors (Lipinski definition) is 0. The Hall–Kier alpha value is 0.708. The number of hydrogen-bond acceptors (Lipinski definition) is 4. The van der Waals surface area contributed by atoms with Crippen LogP contribution in [0.5, 0.6) is 0 Å². The van der Waals surface area contributed by atoms with Crippen molar-refractivity contribution in [3.63, 3.8) is 0 Å². The molecule has 8 heteroatoms. The maximum Gasteiger partial charge on any atom is 0.303 e. The first kappa shape index (κ1) is 161. The van der Waals surface area contributed by atoms with Gasteiger partial charge >= 0.3 is 10.0 Å². The third kappa shape index (κ3) is 439. The molecule has 0 aliphatic heterocycles. The van der Waals surface area contributed by atoms with Gasteiger partial charge in [-0.05, 0) is 0 Å². The zero-order valence-corrected chi connectivity index (χ0v) is 13.9. The molecule has 0 aliphatic carbocycles. The lowest BCUT2D eigenvalue weighted by Crippen LogP contribution is -1.96. The van der Waals surface area contributed by atoms with Crippen molar-refractivity contribution in [2.24, 2.45) is 0 Å². The minimum absolute atomic E-state index is 0. The Balaban J connectivity index is -0.00000000274. The second-order valence-electron chi connectivity index (χ2n) is 1.39. The van der Waals surface area contributed by atoms with E-state index < -0.39 is 20.0 Å². The molecule has 4 nitrogen and oxygen atoms in total. The summed E-state index contributed by atoms with van der Waals surface area (Å²) in [6.07, 6.45) is 0. The molecule has 0 aliphatic rings. The fourth-order valence-corrected chi connectivity index (χ4v) is 3.54. The lowest BCUT2D eigenvalue weighted by molar-refractivity contribution is 0.309. The van der Waals surface area contributed by atoms with Crippen molar-refractivity contribution in [3.8, 4) is 0 Å². The summed E-state index contributed by atoms with van der Waals surface area (Å²) in [5, 5.41) is 0. The number of rotatable bonds is 4. The quantitative estimate of drug-likeness (QED) is 0.636. The van der Waals surface area contributed by atoms with Gasteiger partial charge in [0, 0.05) is 14.2 Å². The highest BCUT2D eigenvalue weighted by atomic mass is 28.3. The fraction of sp³-hybridized carbons (Fsp3) is 1.00. The first-order chi connectivity index (χ1) is 4.83. The van der Waals surface area contributed by atoms with Crippen LogP contribution in [0.25, 0.3) is 0 Å². The normalized spacial score (nSPS) is 4.43. The SMILES string of the molecule is C.C.C.C.C.C.C.C.C.C.C.C.C.CO[SiH2]OC.[SiH3]O[SiH2]O[SiH3]. The molecule has 0 saturated carbocycles. The van der Waals surface area contributed by atoms with Crippen molar-refractivity contribution in [2.75, 3.05) is 14.2 Å². The van der Waals surface area contributed by atoms with Gasteiger partial charge in [0.15, 0.2) is 0 Å². The van der Waals surface area contributed by atoms with Crippen LogP contribution in [0.2, 0.25) is 0 Å². The maximum atomic E-state index is 4.78. The average Bonchev–Trinajstić information content (AvgIpc) is 1.93. The first-order valence-corrected chi connectivity index (χ1v) is 6.73. The molecular weight excluding hydrogens is 357 g/mol.